The highest BCUT2D eigenvalue weighted by atomic mass is 16.5. The summed E-state index contributed by atoms with van der Waals surface area (Å²) >= 11 is 0. The van der Waals surface area contributed by atoms with Gasteiger partial charge in [-0.1, -0.05) is 6.07 Å². The predicted molar refractivity (Wildman–Crippen MR) is 149 cm³/mol. The number of aromatic amines is 1. The van der Waals surface area contributed by atoms with E-state index in [9.17, 15) is 9.59 Å². The quantitative estimate of drug-likeness (QED) is 0.238. The molecule has 5 heterocycles. The zero-order valence-electron chi connectivity index (χ0n) is 23.1. The Balaban J connectivity index is 1.46. The van der Waals surface area contributed by atoms with Crippen molar-refractivity contribution < 1.29 is 19.1 Å². The van der Waals surface area contributed by atoms with Gasteiger partial charge in [-0.25, -0.2) is 9.97 Å². The first-order valence-corrected chi connectivity index (χ1v) is 13.3. The molecule has 5 rings (SSSR count). The molecular weight excluding hydrogens is 512 g/mol. The highest BCUT2D eigenvalue weighted by molar-refractivity contribution is 6.00. The molecule has 210 valence electrons. The molecule has 1 fully saturated rings. The lowest BCUT2D eigenvalue weighted by Gasteiger charge is -2.42. The van der Waals surface area contributed by atoms with E-state index >= 15 is 0 Å². The fourth-order valence-corrected chi connectivity index (χ4v) is 5.66. The van der Waals surface area contributed by atoms with Gasteiger partial charge in [0.05, 0.1) is 30.7 Å². The summed E-state index contributed by atoms with van der Waals surface area (Å²) in [6.45, 7) is 6.33. The SMILES string of the molecule is COCCOCC(=O)N1C(C)C[C@@H](c2nc3c(-c4ccc(-c5ncc[nH]5)nc4)cnn3c(N)c2C(C)=O)C[C@@H]1C. The number of fused-ring (bicyclic) bond motifs is 1. The van der Waals surface area contributed by atoms with Crippen molar-refractivity contribution in [3.63, 3.8) is 0 Å². The largest absolute Gasteiger partial charge is 0.383 e. The summed E-state index contributed by atoms with van der Waals surface area (Å²) in [5, 5.41) is 4.46. The van der Waals surface area contributed by atoms with Gasteiger partial charge >= 0.3 is 0 Å². The van der Waals surface area contributed by atoms with Crippen molar-refractivity contribution in [1.82, 2.24) is 34.4 Å². The maximum atomic E-state index is 12.9. The van der Waals surface area contributed by atoms with E-state index in [1.807, 2.05) is 30.9 Å². The lowest BCUT2D eigenvalue weighted by molar-refractivity contribution is -0.143. The lowest BCUT2D eigenvalue weighted by atomic mass is 9.82. The number of pyridine rings is 1. The number of hydrogen-bond acceptors (Lipinski definition) is 9. The van der Waals surface area contributed by atoms with Crippen LogP contribution < -0.4 is 5.73 Å². The standard InChI is InChI=1S/C28H34N8O4/c1-16-11-20(12-17(2)35(16)23(38)15-40-10-9-39-4)25-24(18(3)37)26(29)36-28(34-25)21(14-33-36)19-5-6-22(32-13-19)27-30-7-8-31-27/h5-8,13-14,16-17,20H,9-12,15,29H2,1-4H3,(H,30,31)/t16-,17?,20-/m0/s1. The van der Waals surface area contributed by atoms with Gasteiger partial charge < -0.3 is 25.1 Å². The van der Waals surface area contributed by atoms with E-state index in [0.29, 0.717) is 54.5 Å². The number of ether oxygens (including phenoxy) is 2. The van der Waals surface area contributed by atoms with E-state index < -0.39 is 0 Å². The number of aromatic nitrogens is 6. The molecule has 12 nitrogen and oxygen atoms in total. The van der Waals surface area contributed by atoms with Gasteiger partial charge in [-0.2, -0.15) is 9.61 Å². The Bertz CT molecular complexity index is 1490. The minimum Gasteiger partial charge on any atom is -0.383 e. The number of nitrogens with two attached hydrogens (primary N) is 1. The van der Waals surface area contributed by atoms with E-state index in [1.165, 1.54) is 11.4 Å². The third-order valence-electron chi connectivity index (χ3n) is 7.41. The number of rotatable bonds is 9. The van der Waals surface area contributed by atoms with Gasteiger partial charge in [-0.15, -0.1) is 0 Å². The van der Waals surface area contributed by atoms with Crippen LogP contribution in [0.1, 0.15) is 55.6 Å². The maximum absolute atomic E-state index is 12.9. The molecule has 3 atom stereocenters. The summed E-state index contributed by atoms with van der Waals surface area (Å²) in [6, 6.07) is 3.66. The van der Waals surface area contributed by atoms with Crippen LogP contribution in [-0.4, -0.2) is 85.2 Å². The van der Waals surface area contributed by atoms with Crippen LogP contribution in [0.25, 0.3) is 28.3 Å². The number of hydrogen-bond donors (Lipinski definition) is 2. The molecule has 0 radical (unpaired) electrons. The summed E-state index contributed by atoms with van der Waals surface area (Å²) in [5.41, 5.74) is 10.4. The van der Waals surface area contributed by atoms with E-state index in [4.69, 9.17) is 20.2 Å². The number of H-pyrrole nitrogens is 1. The summed E-state index contributed by atoms with van der Waals surface area (Å²) in [7, 11) is 1.59. The number of methoxy groups -OCH3 is 1. The molecule has 1 aliphatic heterocycles. The molecule has 40 heavy (non-hydrogen) atoms. The predicted octanol–water partition coefficient (Wildman–Crippen LogP) is 3.11. The third kappa shape index (κ3) is 5.19. The number of Topliss-reactive ketones (excluding diaryl/α,β-unsaturated/α-hetero) is 1. The number of ketones is 1. The van der Waals surface area contributed by atoms with Crippen LogP contribution >= 0.6 is 0 Å². The van der Waals surface area contributed by atoms with Gasteiger partial charge in [0.15, 0.2) is 17.3 Å². The van der Waals surface area contributed by atoms with Gasteiger partial charge in [0.1, 0.15) is 18.1 Å². The fourth-order valence-electron chi connectivity index (χ4n) is 5.66. The monoisotopic (exact) mass is 546 g/mol. The number of nitrogen functional groups attached to an aromatic ring is 1. The van der Waals surface area contributed by atoms with Crippen molar-refractivity contribution in [2.45, 2.75) is 51.6 Å². The minimum absolute atomic E-state index is 0.00446. The van der Waals surface area contributed by atoms with Crippen molar-refractivity contribution in [1.29, 1.82) is 0 Å². The van der Waals surface area contributed by atoms with Crippen LogP contribution in [0.5, 0.6) is 0 Å². The van der Waals surface area contributed by atoms with Gasteiger partial charge in [-0.05, 0) is 39.7 Å². The smallest absolute Gasteiger partial charge is 0.249 e. The Morgan fingerprint density at radius 2 is 1.90 bits per heavy atom. The molecule has 0 aromatic carbocycles. The first-order chi connectivity index (χ1) is 19.3. The molecule has 12 heteroatoms. The molecule has 4 aromatic heterocycles. The number of anilines is 1. The van der Waals surface area contributed by atoms with Crippen LogP contribution in [0.3, 0.4) is 0 Å². The Morgan fingerprint density at radius 1 is 1.12 bits per heavy atom. The minimum atomic E-state index is -0.172. The second-order valence-electron chi connectivity index (χ2n) is 10.2. The van der Waals surface area contributed by atoms with Gasteiger partial charge in [0.25, 0.3) is 0 Å². The molecule has 1 unspecified atom stereocenters. The lowest BCUT2D eigenvalue weighted by Crippen LogP contribution is -2.51. The normalized spacial score (nSPS) is 19.3. The molecule has 1 amide bonds. The number of imidazole rings is 1. The fraction of sp³-hybridized carbons (Fsp3) is 0.429. The van der Waals surface area contributed by atoms with E-state index in [0.717, 1.165) is 11.1 Å². The van der Waals surface area contributed by atoms with Crippen molar-refractivity contribution >= 4 is 23.2 Å². The van der Waals surface area contributed by atoms with Crippen molar-refractivity contribution in [2.75, 3.05) is 32.7 Å². The van der Waals surface area contributed by atoms with Crippen LogP contribution in [0.4, 0.5) is 5.82 Å². The molecule has 4 aromatic rings. The van der Waals surface area contributed by atoms with E-state index in [2.05, 4.69) is 20.1 Å². The van der Waals surface area contributed by atoms with Crippen LogP contribution in [0.2, 0.25) is 0 Å². The Morgan fingerprint density at radius 3 is 2.52 bits per heavy atom. The molecule has 0 bridgehead atoms. The summed E-state index contributed by atoms with van der Waals surface area (Å²) in [6.07, 6.45) is 8.13. The molecule has 0 spiro atoms. The maximum Gasteiger partial charge on any atom is 0.249 e. The number of piperidine rings is 1. The summed E-state index contributed by atoms with van der Waals surface area (Å²) in [4.78, 5) is 44.5. The Labute approximate surface area is 231 Å². The number of amides is 1. The zero-order chi connectivity index (χ0) is 28.4. The van der Waals surface area contributed by atoms with Gasteiger partial charge in [-0.3, -0.25) is 14.6 Å². The highest BCUT2D eigenvalue weighted by Crippen LogP contribution is 2.38. The van der Waals surface area contributed by atoms with Crippen LogP contribution in [-0.2, 0) is 14.3 Å². The number of nitrogens with one attached hydrogen (secondary N) is 1. The first kappa shape index (κ1) is 27.4. The van der Waals surface area contributed by atoms with Gasteiger partial charge in [0.2, 0.25) is 5.91 Å². The van der Waals surface area contributed by atoms with Crippen molar-refractivity contribution in [3.05, 3.63) is 48.2 Å². The van der Waals surface area contributed by atoms with E-state index in [1.54, 1.807) is 31.9 Å². The number of carbonyl (C=O) groups excluding carboxylic acids is 2. The zero-order valence-corrected chi connectivity index (χ0v) is 23.1. The molecular formula is C28H34N8O4. The third-order valence-corrected chi connectivity index (χ3v) is 7.41. The van der Waals surface area contributed by atoms with Crippen LogP contribution in [0.15, 0.2) is 36.9 Å². The average molecular weight is 547 g/mol. The number of likely N-dealkylation sites (tertiary alicyclic amines) is 1. The van der Waals surface area contributed by atoms with Crippen molar-refractivity contribution in [2.24, 2.45) is 0 Å². The molecule has 0 saturated carbocycles. The Hall–Kier alpha value is -4.16. The Kier molecular flexibility index (Phi) is 7.90. The van der Waals surface area contributed by atoms with E-state index in [-0.39, 0.29) is 42.1 Å². The molecule has 1 saturated heterocycles. The van der Waals surface area contributed by atoms with Crippen LogP contribution in [0, 0.1) is 0 Å². The molecule has 0 aliphatic carbocycles. The first-order valence-electron chi connectivity index (χ1n) is 13.3. The number of carbonyl (C=O) groups is 2. The second kappa shape index (κ2) is 11.5. The summed E-state index contributed by atoms with van der Waals surface area (Å²) < 4.78 is 12.0. The summed E-state index contributed by atoms with van der Waals surface area (Å²) in [5.74, 6) is 0.625. The molecule has 3 N–H and O–H groups in total. The average Bonchev–Trinajstić information content (AvgIpc) is 3.61. The second-order valence-corrected chi connectivity index (χ2v) is 10.2. The van der Waals surface area contributed by atoms with Gasteiger partial charge in [0, 0.05) is 54.8 Å². The number of nitrogens with zero attached hydrogens (tertiary/aromatic N) is 6. The topological polar surface area (TPSA) is 154 Å². The molecule has 1 aliphatic rings. The highest BCUT2D eigenvalue weighted by Gasteiger charge is 2.37. The van der Waals surface area contributed by atoms with Crippen molar-refractivity contribution in [3.8, 4) is 22.6 Å².